The van der Waals surface area contributed by atoms with Crippen LogP contribution in [0.25, 0.3) is 0 Å². The molecule has 0 spiro atoms. The lowest BCUT2D eigenvalue weighted by atomic mass is 9.99. The molecule has 0 saturated carbocycles. The van der Waals surface area contributed by atoms with Gasteiger partial charge in [0.25, 0.3) is 0 Å². The zero-order valence-electron chi connectivity index (χ0n) is 13.4. The SMILES string of the molecule is CC(C)[C@@H]1CN(c2ccc(F)c(S(C)(=O)=O)c2)CCN1C(=O)O. The number of halogens is 1. The van der Waals surface area contributed by atoms with E-state index in [1.165, 1.54) is 17.0 Å². The molecule has 0 aliphatic carbocycles. The zero-order chi connectivity index (χ0) is 17.4. The molecule has 1 saturated heterocycles. The molecule has 6 nitrogen and oxygen atoms in total. The molecule has 0 unspecified atom stereocenters. The lowest BCUT2D eigenvalue weighted by molar-refractivity contribution is 0.103. The molecule has 1 N–H and O–H groups in total. The highest BCUT2D eigenvalue weighted by molar-refractivity contribution is 7.90. The molecule has 8 heteroatoms. The molecule has 1 aromatic rings. The third kappa shape index (κ3) is 3.74. The number of rotatable bonds is 3. The summed E-state index contributed by atoms with van der Waals surface area (Å²) < 4.78 is 37.0. The zero-order valence-corrected chi connectivity index (χ0v) is 14.2. The van der Waals surface area contributed by atoms with Crippen LogP contribution in [0.5, 0.6) is 0 Å². The van der Waals surface area contributed by atoms with Gasteiger partial charge in [0.05, 0.1) is 6.04 Å². The van der Waals surface area contributed by atoms with E-state index in [0.717, 1.165) is 12.3 Å². The van der Waals surface area contributed by atoms with Gasteiger partial charge in [0.1, 0.15) is 10.7 Å². The van der Waals surface area contributed by atoms with Crippen molar-refractivity contribution in [2.24, 2.45) is 5.92 Å². The lowest BCUT2D eigenvalue weighted by Crippen LogP contribution is -2.57. The highest BCUT2D eigenvalue weighted by Gasteiger charge is 2.32. The second kappa shape index (κ2) is 6.35. The summed E-state index contributed by atoms with van der Waals surface area (Å²) in [6, 6.07) is 3.78. The Balaban J connectivity index is 2.32. The number of anilines is 1. The minimum Gasteiger partial charge on any atom is -0.465 e. The predicted molar refractivity (Wildman–Crippen MR) is 85.1 cm³/mol. The Morgan fingerprint density at radius 3 is 2.52 bits per heavy atom. The van der Waals surface area contributed by atoms with Gasteiger partial charge in [0, 0.05) is 31.6 Å². The van der Waals surface area contributed by atoms with E-state index in [1.54, 1.807) is 0 Å². The van der Waals surface area contributed by atoms with Crippen LogP contribution in [0, 0.1) is 11.7 Å². The van der Waals surface area contributed by atoms with Crippen LogP contribution >= 0.6 is 0 Å². The lowest BCUT2D eigenvalue weighted by Gasteiger charge is -2.43. The van der Waals surface area contributed by atoms with Crippen molar-refractivity contribution in [1.29, 1.82) is 0 Å². The molecule has 2 rings (SSSR count). The summed E-state index contributed by atoms with van der Waals surface area (Å²) in [7, 11) is -3.65. The number of benzene rings is 1. The number of carboxylic acid groups (broad SMARTS) is 1. The number of hydrogen-bond acceptors (Lipinski definition) is 4. The molecule has 1 fully saturated rings. The van der Waals surface area contributed by atoms with Crippen LogP contribution in [0.2, 0.25) is 0 Å². The van der Waals surface area contributed by atoms with Crippen LogP contribution in [0.1, 0.15) is 13.8 Å². The monoisotopic (exact) mass is 344 g/mol. The summed E-state index contributed by atoms with van der Waals surface area (Å²) in [6.45, 7) is 5.08. The Hall–Kier alpha value is -1.83. The van der Waals surface area contributed by atoms with Gasteiger partial charge in [-0.1, -0.05) is 13.8 Å². The number of piperazine rings is 1. The quantitative estimate of drug-likeness (QED) is 0.908. The summed E-state index contributed by atoms with van der Waals surface area (Å²) in [5, 5.41) is 9.28. The molecule has 1 atom stereocenters. The first-order valence-electron chi connectivity index (χ1n) is 7.35. The maximum atomic E-state index is 13.7. The van der Waals surface area contributed by atoms with Gasteiger partial charge in [-0.25, -0.2) is 17.6 Å². The third-order valence-electron chi connectivity index (χ3n) is 4.11. The Kier molecular flexibility index (Phi) is 4.84. The number of amides is 1. The van der Waals surface area contributed by atoms with Crippen molar-refractivity contribution in [3.63, 3.8) is 0 Å². The van der Waals surface area contributed by atoms with Gasteiger partial charge in [-0.15, -0.1) is 0 Å². The minimum absolute atomic E-state index is 0.115. The summed E-state index contributed by atoms with van der Waals surface area (Å²) >= 11 is 0. The summed E-state index contributed by atoms with van der Waals surface area (Å²) in [5.74, 6) is -0.662. The van der Waals surface area contributed by atoms with Crippen LogP contribution in [-0.2, 0) is 9.84 Å². The largest absolute Gasteiger partial charge is 0.465 e. The first kappa shape index (κ1) is 17.5. The van der Waals surface area contributed by atoms with Gasteiger partial charge in [-0.3, -0.25) is 0 Å². The van der Waals surface area contributed by atoms with Gasteiger partial charge in [-0.05, 0) is 24.1 Å². The van der Waals surface area contributed by atoms with Gasteiger partial charge >= 0.3 is 6.09 Å². The molecule has 1 heterocycles. The molecular weight excluding hydrogens is 323 g/mol. The van der Waals surface area contributed by atoms with E-state index in [0.29, 0.717) is 25.3 Å². The summed E-state index contributed by atoms with van der Waals surface area (Å²) in [5.41, 5.74) is 0.586. The number of nitrogens with zero attached hydrogens (tertiary/aromatic N) is 2. The second-order valence-corrected chi connectivity index (χ2v) is 8.10. The van der Waals surface area contributed by atoms with Crippen molar-refractivity contribution in [2.45, 2.75) is 24.8 Å². The first-order valence-corrected chi connectivity index (χ1v) is 9.24. The Labute approximate surface area is 135 Å². The van der Waals surface area contributed by atoms with Crippen molar-refractivity contribution in [2.75, 3.05) is 30.8 Å². The van der Waals surface area contributed by atoms with Crippen LogP contribution in [0.15, 0.2) is 23.1 Å². The number of carbonyl (C=O) groups is 1. The molecule has 0 bridgehead atoms. The van der Waals surface area contributed by atoms with Gasteiger partial charge < -0.3 is 14.9 Å². The fraction of sp³-hybridized carbons (Fsp3) is 0.533. The first-order chi connectivity index (χ1) is 10.6. The summed E-state index contributed by atoms with van der Waals surface area (Å²) in [4.78, 5) is 14.3. The Morgan fingerprint density at radius 2 is 2.00 bits per heavy atom. The molecule has 128 valence electrons. The molecule has 1 aliphatic rings. The molecule has 1 amide bonds. The molecule has 0 aromatic heterocycles. The summed E-state index contributed by atoms with van der Waals surface area (Å²) in [6.07, 6.45) is 0.00775. The van der Waals surface area contributed by atoms with Crippen LogP contribution in [-0.4, -0.2) is 56.4 Å². The molecular formula is C15H21FN2O4S. The van der Waals surface area contributed by atoms with E-state index >= 15 is 0 Å². The van der Waals surface area contributed by atoms with Crippen molar-refractivity contribution >= 4 is 21.6 Å². The van der Waals surface area contributed by atoms with E-state index in [2.05, 4.69) is 0 Å². The molecule has 1 aromatic carbocycles. The van der Waals surface area contributed by atoms with E-state index in [4.69, 9.17) is 0 Å². The van der Waals surface area contributed by atoms with E-state index in [-0.39, 0.29) is 16.9 Å². The number of hydrogen-bond donors (Lipinski definition) is 1. The Morgan fingerprint density at radius 1 is 1.35 bits per heavy atom. The van der Waals surface area contributed by atoms with Gasteiger partial charge in [0.2, 0.25) is 0 Å². The van der Waals surface area contributed by atoms with Gasteiger partial charge in [0.15, 0.2) is 9.84 Å². The second-order valence-electron chi connectivity index (χ2n) is 6.12. The van der Waals surface area contributed by atoms with Crippen molar-refractivity contribution < 1.29 is 22.7 Å². The average Bonchev–Trinajstić information content (AvgIpc) is 2.45. The standard InChI is InChI=1S/C15H21FN2O4S/c1-10(2)13-9-17(6-7-18(13)15(19)20)11-4-5-12(16)14(8-11)23(3,21)22/h4-5,8,10,13H,6-7,9H2,1-3H3,(H,19,20)/t13-/m0/s1. The van der Waals surface area contributed by atoms with Crippen LogP contribution in [0.4, 0.5) is 14.9 Å². The number of sulfone groups is 1. The van der Waals surface area contributed by atoms with E-state index in [9.17, 15) is 22.7 Å². The maximum absolute atomic E-state index is 13.7. The van der Waals surface area contributed by atoms with Crippen molar-refractivity contribution in [1.82, 2.24) is 4.90 Å². The predicted octanol–water partition coefficient (Wildman–Crippen LogP) is 2.05. The van der Waals surface area contributed by atoms with Gasteiger partial charge in [-0.2, -0.15) is 0 Å². The highest BCUT2D eigenvalue weighted by atomic mass is 32.2. The minimum atomic E-state index is -3.65. The maximum Gasteiger partial charge on any atom is 0.407 e. The molecule has 0 radical (unpaired) electrons. The normalized spacial score (nSPS) is 19.3. The van der Waals surface area contributed by atoms with Crippen molar-refractivity contribution in [3.05, 3.63) is 24.0 Å². The van der Waals surface area contributed by atoms with Crippen LogP contribution in [0.3, 0.4) is 0 Å². The fourth-order valence-electron chi connectivity index (χ4n) is 2.83. The smallest absolute Gasteiger partial charge is 0.407 e. The van der Waals surface area contributed by atoms with E-state index in [1.807, 2.05) is 18.7 Å². The third-order valence-corrected chi connectivity index (χ3v) is 5.23. The topological polar surface area (TPSA) is 77.9 Å². The van der Waals surface area contributed by atoms with E-state index < -0.39 is 21.7 Å². The molecule has 23 heavy (non-hydrogen) atoms. The average molecular weight is 344 g/mol. The van der Waals surface area contributed by atoms with Crippen molar-refractivity contribution in [3.8, 4) is 0 Å². The highest BCUT2D eigenvalue weighted by Crippen LogP contribution is 2.26. The van der Waals surface area contributed by atoms with Crippen LogP contribution < -0.4 is 4.90 Å². The Bertz CT molecular complexity index is 705. The fourth-order valence-corrected chi connectivity index (χ4v) is 3.58. The molecule has 1 aliphatic heterocycles.